The highest BCUT2D eigenvalue weighted by Crippen LogP contribution is 2.39. The van der Waals surface area contributed by atoms with Crippen LogP contribution in [-0.2, 0) is 38.2 Å². The van der Waals surface area contributed by atoms with Crippen LogP contribution in [-0.4, -0.2) is 29.7 Å². The van der Waals surface area contributed by atoms with E-state index in [1.807, 2.05) is 0 Å². The molecule has 1 heterocycles. The van der Waals surface area contributed by atoms with Crippen molar-refractivity contribution >= 4 is 39.5 Å². The molecule has 0 atom stereocenters. The van der Waals surface area contributed by atoms with Crippen molar-refractivity contribution < 1.29 is 23.1 Å². The standard InChI is InChI=1S/C33H54O5SSi2/c1-13-25(15-14-16-31(34)35-8)30-20-19-29(39-30)24-36-28-18-17-26(22-37-40(9,10)32(2,3)4)27(21-28)23-38-41(11,12)33(5,6)7/h15,17-21H,13-14,16,22-24H2,1-12H3/b25-15+. The number of carbonyl (C=O) groups excluding carboxylic acids is 1. The van der Waals surface area contributed by atoms with E-state index >= 15 is 0 Å². The number of allylic oxidation sites excluding steroid dienone is 2. The second kappa shape index (κ2) is 14.6. The summed E-state index contributed by atoms with van der Waals surface area (Å²) in [6.45, 7) is 26.6. The lowest BCUT2D eigenvalue weighted by molar-refractivity contribution is -0.140. The lowest BCUT2D eigenvalue weighted by Gasteiger charge is -2.37. The number of esters is 1. The largest absolute Gasteiger partial charge is 0.488 e. The number of benzene rings is 1. The molecule has 0 amide bonds. The molecule has 2 rings (SSSR count). The first kappa shape index (κ1) is 35.5. The van der Waals surface area contributed by atoms with Crippen LogP contribution in [0.2, 0.25) is 36.3 Å². The van der Waals surface area contributed by atoms with Crippen LogP contribution >= 0.6 is 11.3 Å². The second-order valence-corrected chi connectivity index (χ2v) is 24.6. The van der Waals surface area contributed by atoms with Gasteiger partial charge in [0.1, 0.15) is 12.4 Å². The lowest BCUT2D eigenvalue weighted by atomic mass is 10.1. The topological polar surface area (TPSA) is 54.0 Å². The van der Waals surface area contributed by atoms with Crippen molar-refractivity contribution in [3.63, 3.8) is 0 Å². The van der Waals surface area contributed by atoms with E-state index in [1.54, 1.807) is 11.3 Å². The summed E-state index contributed by atoms with van der Waals surface area (Å²) >= 11 is 1.74. The molecule has 0 bridgehead atoms. The molecule has 1 aromatic heterocycles. The quantitative estimate of drug-likeness (QED) is 0.156. The fourth-order valence-electron chi connectivity index (χ4n) is 3.58. The third-order valence-corrected chi connectivity index (χ3v) is 18.8. The lowest BCUT2D eigenvalue weighted by Crippen LogP contribution is -2.41. The molecule has 0 aliphatic carbocycles. The molecule has 8 heteroatoms. The van der Waals surface area contributed by atoms with Crippen molar-refractivity contribution in [3.05, 3.63) is 57.3 Å². The van der Waals surface area contributed by atoms with Crippen molar-refractivity contribution in [3.8, 4) is 5.75 Å². The van der Waals surface area contributed by atoms with Crippen molar-refractivity contribution in [2.24, 2.45) is 0 Å². The Morgan fingerprint density at radius 2 is 1.44 bits per heavy atom. The molecule has 2 aromatic rings. The highest BCUT2D eigenvalue weighted by atomic mass is 32.1. The molecule has 0 fully saturated rings. The van der Waals surface area contributed by atoms with Gasteiger partial charge < -0.3 is 18.3 Å². The first-order chi connectivity index (χ1) is 18.9. The number of methoxy groups -OCH3 is 1. The number of thiophene rings is 1. The molecular formula is C33H54O5SSi2. The van der Waals surface area contributed by atoms with Gasteiger partial charge in [-0.3, -0.25) is 4.79 Å². The maximum Gasteiger partial charge on any atom is 0.305 e. The third kappa shape index (κ3) is 10.5. The molecule has 41 heavy (non-hydrogen) atoms. The number of rotatable bonds is 14. The van der Waals surface area contributed by atoms with Crippen LogP contribution in [0.25, 0.3) is 5.57 Å². The summed E-state index contributed by atoms with van der Waals surface area (Å²) in [6, 6.07) is 10.6. The Morgan fingerprint density at radius 3 is 1.98 bits per heavy atom. The van der Waals surface area contributed by atoms with Gasteiger partial charge in [-0.1, -0.05) is 60.6 Å². The maximum absolute atomic E-state index is 11.5. The van der Waals surface area contributed by atoms with E-state index in [0.717, 1.165) is 22.6 Å². The molecule has 0 aliphatic heterocycles. The average Bonchev–Trinajstić information content (AvgIpc) is 3.35. The normalized spacial score (nSPS) is 13.4. The Morgan fingerprint density at radius 1 is 0.854 bits per heavy atom. The van der Waals surface area contributed by atoms with Crippen LogP contribution in [0.15, 0.2) is 36.4 Å². The molecule has 0 unspecified atom stereocenters. The monoisotopic (exact) mass is 618 g/mol. The van der Waals surface area contributed by atoms with Crippen molar-refractivity contribution in [1.29, 1.82) is 0 Å². The predicted molar refractivity (Wildman–Crippen MR) is 179 cm³/mol. The molecule has 0 saturated carbocycles. The van der Waals surface area contributed by atoms with Gasteiger partial charge >= 0.3 is 5.97 Å². The van der Waals surface area contributed by atoms with Crippen molar-refractivity contribution in [1.82, 2.24) is 0 Å². The first-order valence-electron chi connectivity index (χ1n) is 14.8. The summed E-state index contributed by atoms with van der Waals surface area (Å²) in [5.41, 5.74) is 3.56. The fourth-order valence-corrected chi connectivity index (χ4v) is 6.51. The van der Waals surface area contributed by atoms with Gasteiger partial charge in [-0.05, 0) is 90.1 Å². The van der Waals surface area contributed by atoms with E-state index in [1.165, 1.54) is 23.1 Å². The van der Waals surface area contributed by atoms with E-state index in [-0.39, 0.29) is 16.0 Å². The van der Waals surface area contributed by atoms with Crippen LogP contribution in [0.4, 0.5) is 0 Å². The molecule has 0 radical (unpaired) electrons. The zero-order chi connectivity index (χ0) is 31.1. The Kier molecular flexibility index (Phi) is 12.7. The number of ether oxygens (including phenoxy) is 2. The molecule has 5 nitrogen and oxygen atoms in total. The van der Waals surface area contributed by atoms with Gasteiger partial charge in [0.15, 0.2) is 16.6 Å². The van der Waals surface area contributed by atoms with E-state index in [0.29, 0.717) is 32.7 Å². The minimum Gasteiger partial charge on any atom is -0.488 e. The Hall–Kier alpha value is -1.72. The number of hydrogen-bond acceptors (Lipinski definition) is 6. The van der Waals surface area contributed by atoms with E-state index in [2.05, 4.69) is 111 Å². The van der Waals surface area contributed by atoms with Crippen LogP contribution in [0.3, 0.4) is 0 Å². The van der Waals surface area contributed by atoms with Crippen LogP contribution in [0.1, 0.15) is 88.6 Å². The summed E-state index contributed by atoms with van der Waals surface area (Å²) in [6.07, 6.45) is 4.15. The molecule has 230 valence electrons. The number of hydrogen-bond donors (Lipinski definition) is 0. The summed E-state index contributed by atoms with van der Waals surface area (Å²) in [7, 11) is -2.38. The summed E-state index contributed by atoms with van der Waals surface area (Å²) < 4.78 is 24.3. The molecular weight excluding hydrogens is 565 g/mol. The molecule has 0 saturated heterocycles. The number of carbonyl (C=O) groups is 1. The van der Waals surface area contributed by atoms with Gasteiger partial charge in [-0.2, -0.15) is 0 Å². The fraction of sp³-hybridized carbons (Fsp3) is 0.606. The molecule has 1 aromatic carbocycles. The Balaban J connectivity index is 2.20. The van der Waals surface area contributed by atoms with Crippen LogP contribution in [0.5, 0.6) is 5.75 Å². The predicted octanol–water partition coefficient (Wildman–Crippen LogP) is 10.1. The maximum atomic E-state index is 11.5. The highest BCUT2D eigenvalue weighted by molar-refractivity contribution is 7.13. The molecule has 0 N–H and O–H groups in total. The van der Waals surface area contributed by atoms with E-state index in [4.69, 9.17) is 18.3 Å². The van der Waals surface area contributed by atoms with Gasteiger partial charge in [0.25, 0.3) is 0 Å². The molecule has 0 spiro atoms. The van der Waals surface area contributed by atoms with Crippen LogP contribution < -0.4 is 4.74 Å². The Bertz CT molecular complexity index is 1170. The van der Waals surface area contributed by atoms with Gasteiger partial charge in [-0.25, -0.2) is 0 Å². The van der Waals surface area contributed by atoms with Gasteiger partial charge in [0, 0.05) is 16.2 Å². The zero-order valence-corrected chi connectivity index (χ0v) is 30.5. The minimum absolute atomic E-state index is 0.140. The SMILES string of the molecule is CC/C(=C\CCC(=O)OC)c1ccc(COc2ccc(CO[Si](C)(C)C(C)(C)C)c(CO[Si](C)(C)C(C)(C)C)c2)s1. The van der Waals surface area contributed by atoms with E-state index < -0.39 is 16.6 Å². The second-order valence-electron chi connectivity index (χ2n) is 13.8. The highest BCUT2D eigenvalue weighted by Gasteiger charge is 2.38. The first-order valence-corrected chi connectivity index (χ1v) is 21.4. The van der Waals surface area contributed by atoms with Crippen molar-refractivity contribution in [2.45, 2.75) is 124 Å². The van der Waals surface area contributed by atoms with E-state index in [9.17, 15) is 4.79 Å². The summed E-state index contributed by atoms with van der Waals surface area (Å²) in [4.78, 5) is 13.8. The summed E-state index contributed by atoms with van der Waals surface area (Å²) in [5, 5.41) is 0.294. The molecule has 0 aliphatic rings. The average molecular weight is 619 g/mol. The minimum atomic E-state index is -1.92. The summed E-state index contributed by atoms with van der Waals surface area (Å²) in [5.74, 6) is 0.665. The van der Waals surface area contributed by atoms with Crippen molar-refractivity contribution in [2.75, 3.05) is 7.11 Å². The smallest absolute Gasteiger partial charge is 0.305 e. The van der Waals surface area contributed by atoms with Gasteiger partial charge in [0.05, 0.1) is 20.3 Å². The van der Waals surface area contributed by atoms with Gasteiger partial charge in [0.2, 0.25) is 0 Å². The Labute approximate surface area is 255 Å². The van der Waals surface area contributed by atoms with Gasteiger partial charge in [-0.15, -0.1) is 11.3 Å². The van der Waals surface area contributed by atoms with Crippen LogP contribution in [0, 0.1) is 0 Å². The third-order valence-electron chi connectivity index (χ3n) is 8.67. The zero-order valence-electron chi connectivity index (χ0n) is 27.7.